The second-order valence-corrected chi connectivity index (χ2v) is 3.38. The monoisotopic (exact) mass is 246 g/mol. The number of hydrogen-bond acceptors (Lipinski definition) is 3. The van der Waals surface area contributed by atoms with Crippen molar-refractivity contribution in [2.24, 2.45) is 0 Å². The third-order valence-corrected chi connectivity index (χ3v) is 2.15. The average molecular weight is 247 g/mol. The number of imidazole rings is 1. The van der Waals surface area contributed by atoms with Gasteiger partial charge in [-0.15, -0.1) is 0 Å². The topological polar surface area (TPSA) is 55.0 Å². The molecule has 13 heavy (non-hydrogen) atoms. The molecule has 0 aliphatic carbocycles. The highest BCUT2D eigenvalue weighted by atomic mass is 79.9. The minimum Gasteiger partial charge on any atom is -0.464 e. The molecule has 0 saturated carbocycles. The molecule has 0 unspecified atom stereocenters. The number of aromatic amines is 1. The first-order chi connectivity index (χ1) is 6.19. The number of halogens is 1. The summed E-state index contributed by atoms with van der Waals surface area (Å²) >= 11 is 3.21. The van der Waals surface area contributed by atoms with Gasteiger partial charge in [0.05, 0.1) is 7.11 Å². The maximum atomic E-state index is 11.1. The minimum absolute atomic E-state index is 0.311. The molecule has 1 aromatic rings. The lowest BCUT2D eigenvalue weighted by atomic mass is 10.3. The molecular formula is C8H11BrN2O2. The summed E-state index contributed by atoms with van der Waals surface area (Å²) in [4.78, 5) is 18.2. The minimum atomic E-state index is -0.425. The number of carbonyl (C=O) groups is 1. The second kappa shape index (κ2) is 4.41. The molecule has 0 fully saturated rings. The first-order valence-corrected chi connectivity index (χ1v) is 4.81. The summed E-state index contributed by atoms with van der Waals surface area (Å²) < 4.78 is 5.14. The fourth-order valence-electron chi connectivity index (χ4n) is 0.985. The van der Waals surface area contributed by atoms with Gasteiger partial charge in [0.15, 0.2) is 5.69 Å². The molecule has 72 valence electrons. The average Bonchev–Trinajstić information content (AvgIpc) is 2.46. The van der Waals surface area contributed by atoms with Gasteiger partial charge < -0.3 is 9.72 Å². The predicted octanol–water partition coefficient (Wildman–Crippen LogP) is 1.91. The van der Waals surface area contributed by atoms with Crippen LogP contribution in [0.15, 0.2) is 4.60 Å². The lowest BCUT2D eigenvalue weighted by Gasteiger charge is -1.92. The van der Waals surface area contributed by atoms with Gasteiger partial charge in [0.25, 0.3) is 0 Å². The van der Waals surface area contributed by atoms with E-state index in [-0.39, 0.29) is 0 Å². The quantitative estimate of drug-likeness (QED) is 0.830. The Morgan fingerprint density at radius 1 is 1.69 bits per heavy atom. The summed E-state index contributed by atoms with van der Waals surface area (Å²) in [6.07, 6.45) is 1.82. The molecule has 0 aliphatic rings. The van der Waals surface area contributed by atoms with E-state index in [0.717, 1.165) is 18.7 Å². The second-order valence-electron chi connectivity index (χ2n) is 2.59. The molecule has 5 heteroatoms. The Morgan fingerprint density at radius 3 is 2.92 bits per heavy atom. The third kappa shape index (κ3) is 2.30. The molecule has 0 saturated heterocycles. The molecule has 0 aromatic carbocycles. The number of esters is 1. The van der Waals surface area contributed by atoms with E-state index in [1.807, 2.05) is 6.92 Å². The molecule has 1 heterocycles. The smallest absolute Gasteiger partial charge is 0.359 e. The van der Waals surface area contributed by atoms with Gasteiger partial charge in [0.2, 0.25) is 0 Å². The zero-order valence-corrected chi connectivity index (χ0v) is 9.14. The fourth-order valence-corrected chi connectivity index (χ4v) is 1.46. The first-order valence-electron chi connectivity index (χ1n) is 4.01. The van der Waals surface area contributed by atoms with Crippen LogP contribution in [0.4, 0.5) is 0 Å². The zero-order chi connectivity index (χ0) is 9.84. The highest BCUT2D eigenvalue weighted by molar-refractivity contribution is 9.10. The summed E-state index contributed by atoms with van der Waals surface area (Å²) in [7, 11) is 1.34. The highest BCUT2D eigenvalue weighted by Gasteiger charge is 2.15. The summed E-state index contributed by atoms with van der Waals surface area (Å²) in [6, 6.07) is 0. The van der Waals surface area contributed by atoms with E-state index in [1.165, 1.54) is 7.11 Å². The first kappa shape index (κ1) is 10.2. The number of ether oxygens (including phenoxy) is 1. The molecule has 1 aromatic heterocycles. The van der Waals surface area contributed by atoms with Crippen molar-refractivity contribution >= 4 is 21.9 Å². The van der Waals surface area contributed by atoms with Gasteiger partial charge in [-0.3, -0.25) is 0 Å². The van der Waals surface area contributed by atoms with Gasteiger partial charge >= 0.3 is 5.97 Å². The van der Waals surface area contributed by atoms with E-state index in [4.69, 9.17) is 0 Å². The number of aromatic nitrogens is 2. The van der Waals surface area contributed by atoms with Gasteiger partial charge in [-0.1, -0.05) is 6.92 Å². The lowest BCUT2D eigenvalue weighted by molar-refractivity contribution is 0.0593. The van der Waals surface area contributed by atoms with E-state index in [2.05, 4.69) is 30.6 Å². The molecule has 4 nitrogen and oxygen atoms in total. The molecule has 0 amide bonds. The van der Waals surface area contributed by atoms with E-state index < -0.39 is 5.97 Å². The van der Waals surface area contributed by atoms with Crippen molar-refractivity contribution < 1.29 is 9.53 Å². The number of nitrogens with one attached hydrogen (secondary N) is 1. The van der Waals surface area contributed by atoms with E-state index in [0.29, 0.717) is 10.3 Å². The maximum Gasteiger partial charge on any atom is 0.359 e. The van der Waals surface area contributed by atoms with Crippen LogP contribution >= 0.6 is 15.9 Å². The largest absolute Gasteiger partial charge is 0.464 e. The number of nitrogens with zero attached hydrogens (tertiary/aromatic N) is 1. The Balaban J connectivity index is 2.89. The molecule has 0 aliphatic heterocycles. The molecule has 0 radical (unpaired) electrons. The van der Waals surface area contributed by atoms with Crippen molar-refractivity contribution in [1.29, 1.82) is 0 Å². The molecule has 1 rings (SSSR count). The Bertz CT molecular complexity index is 309. The number of rotatable bonds is 3. The van der Waals surface area contributed by atoms with Gasteiger partial charge in [-0.25, -0.2) is 9.78 Å². The Morgan fingerprint density at radius 2 is 2.38 bits per heavy atom. The van der Waals surface area contributed by atoms with Crippen molar-refractivity contribution in [2.75, 3.05) is 7.11 Å². The van der Waals surface area contributed by atoms with Crippen LogP contribution in [0.3, 0.4) is 0 Å². The van der Waals surface area contributed by atoms with Crippen molar-refractivity contribution in [3.05, 3.63) is 16.1 Å². The van der Waals surface area contributed by atoms with Crippen LogP contribution in [-0.4, -0.2) is 23.0 Å². The normalized spacial score (nSPS) is 10.1. The van der Waals surface area contributed by atoms with Gasteiger partial charge in [0.1, 0.15) is 10.4 Å². The number of methoxy groups -OCH3 is 1. The van der Waals surface area contributed by atoms with Crippen LogP contribution in [0.1, 0.15) is 29.7 Å². The van der Waals surface area contributed by atoms with Gasteiger partial charge in [-0.05, 0) is 22.4 Å². The van der Waals surface area contributed by atoms with Crippen LogP contribution < -0.4 is 0 Å². The Kier molecular flexibility index (Phi) is 3.48. The summed E-state index contributed by atoms with van der Waals surface area (Å²) in [5.41, 5.74) is 0.311. The highest BCUT2D eigenvalue weighted by Crippen LogP contribution is 2.15. The molecular weight excluding hydrogens is 236 g/mol. The van der Waals surface area contributed by atoms with Crippen LogP contribution in [0.5, 0.6) is 0 Å². The Labute approximate surface area is 84.8 Å². The number of aryl methyl sites for hydroxylation is 1. The van der Waals surface area contributed by atoms with Crippen LogP contribution in [0.2, 0.25) is 0 Å². The van der Waals surface area contributed by atoms with Gasteiger partial charge in [0, 0.05) is 6.42 Å². The van der Waals surface area contributed by atoms with Crippen molar-refractivity contribution in [3.8, 4) is 0 Å². The molecule has 0 atom stereocenters. The van der Waals surface area contributed by atoms with Gasteiger partial charge in [-0.2, -0.15) is 0 Å². The summed E-state index contributed by atoms with van der Waals surface area (Å²) in [5.74, 6) is 0.375. The summed E-state index contributed by atoms with van der Waals surface area (Å²) in [6.45, 7) is 2.05. The van der Waals surface area contributed by atoms with Crippen molar-refractivity contribution in [2.45, 2.75) is 19.8 Å². The van der Waals surface area contributed by atoms with Crippen LogP contribution in [-0.2, 0) is 11.2 Å². The van der Waals surface area contributed by atoms with Crippen LogP contribution in [0, 0.1) is 0 Å². The van der Waals surface area contributed by atoms with E-state index in [1.54, 1.807) is 0 Å². The third-order valence-electron chi connectivity index (χ3n) is 1.57. The number of hydrogen-bond donors (Lipinski definition) is 1. The van der Waals surface area contributed by atoms with E-state index in [9.17, 15) is 4.79 Å². The van der Waals surface area contributed by atoms with E-state index >= 15 is 0 Å². The van der Waals surface area contributed by atoms with Crippen molar-refractivity contribution in [1.82, 2.24) is 9.97 Å². The lowest BCUT2D eigenvalue weighted by Crippen LogP contribution is -2.02. The SMILES string of the molecule is CCCc1nc(C(=O)OC)c(Br)[nH]1. The zero-order valence-electron chi connectivity index (χ0n) is 7.56. The molecule has 0 spiro atoms. The number of carbonyl (C=O) groups excluding carboxylic acids is 1. The molecule has 0 bridgehead atoms. The maximum absolute atomic E-state index is 11.1. The van der Waals surface area contributed by atoms with Crippen LogP contribution in [0.25, 0.3) is 0 Å². The van der Waals surface area contributed by atoms with Crippen molar-refractivity contribution in [3.63, 3.8) is 0 Å². The summed E-state index contributed by atoms with van der Waals surface area (Å²) in [5, 5.41) is 0. The number of H-pyrrole nitrogens is 1. The fraction of sp³-hybridized carbons (Fsp3) is 0.500. The Hall–Kier alpha value is -0.840. The standard InChI is InChI=1S/C8H11BrN2O2/c1-3-4-5-10-6(7(9)11-5)8(12)13-2/h3-4H2,1-2H3,(H,10,11). The molecule has 1 N–H and O–H groups in total. The predicted molar refractivity (Wildman–Crippen MR) is 51.6 cm³/mol.